The maximum atomic E-state index is 12.8. The van der Waals surface area contributed by atoms with Gasteiger partial charge in [0.05, 0.1) is 5.92 Å². The number of hydrogen-bond acceptors (Lipinski definition) is 3. The third-order valence-corrected chi connectivity index (χ3v) is 5.32. The van der Waals surface area contributed by atoms with E-state index in [9.17, 15) is 14.4 Å². The summed E-state index contributed by atoms with van der Waals surface area (Å²) in [6.07, 6.45) is 5.62. The van der Waals surface area contributed by atoms with Crippen LogP contribution in [0.5, 0.6) is 0 Å². The predicted molar refractivity (Wildman–Crippen MR) is 93.5 cm³/mol. The Hall–Kier alpha value is -2.37. The summed E-state index contributed by atoms with van der Waals surface area (Å²) in [4.78, 5) is 39.3. The van der Waals surface area contributed by atoms with Crippen molar-refractivity contribution in [2.75, 3.05) is 18.5 Å². The lowest BCUT2D eigenvalue weighted by molar-refractivity contribution is -0.141. The second-order valence-electron chi connectivity index (χ2n) is 7.00. The number of aliphatic carboxylic acids is 1. The number of carboxylic acids is 1. The monoisotopic (exact) mass is 344 g/mol. The van der Waals surface area contributed by atoms with Crippen molar-refractivity contribution in [3.05, 3.63) is 29.8 Å². The van der Waals surface area contributed by atoms with E-state index in [1.54, 1.807) is 24.3 Å². The summed E-state index contributed by atoms with van der Waals surface area (Å²) in [6.45, 7) is 0.157. The molecule has 1 saturated carbocycles. The first-order valence-corrected chi connectivity index (χ1v) is 8.88. The molecule has 1 heterocycles. The standard InChI is InChI=1S/C19H24N2O4/c1-20(15-7-3-2-4-8-15)18(23)13-6-5-9-16(10-13)21-12-14(19(24)25)11-17(21)22/h5-6,9-10,14-15H,2-4,7-8,11-12H2,1H3,(H,24,25)/t14-/m1/s1. The van der Waals surface area contributed by atoms with Crippen molar-refractivity contribution in [2.24, 2.45) is 5.92 Å². The minimum absolute atomic E-state index is 0.00941. The Bertz CT molecular complexity index is 682. The van der Waals surface area contributed by atoms with Gasteiger partial charge in [-0.25, -0.2) is 0 Å². The summed E-state index contributed by atoms with van der Waals surface area (Å²) in [5.41, 5.74) is 1.13. The number of carbonyl (C=O) groups is 3. The van der Waals surface area contributed by atoms with Crippen LogP contribution < -0.4 is 4.90 Å². The fourth-order valence-electron chi connectivity index (χ4n) is 3.77. The van der Waals surface area contributed by atoms with Gasteiger partial charge in [0.15, 0.2) is 0 Å². The largest absolute Gasteiger partial charge is 0.481 e. The molecular formula is C19H24N2O4. The number of carbonyl (C=O) groups excluding carboxylic acids is 2. The molecule has 1 saturated heterocycles. The molecule has 2 aliphatic rings. The summed E-state index contributed by atoms with van der Waals surface area (Å²) in [6, 6.07) is 7.22. The molecule has 1 aromatic rings. The molecule has 0 unspecified atom stereocenters. The lowest BCUT2D eigenvalue weighted by Crippen LogP contribution is -2.38. The van der Waals surface area contributed by atoms with Crippen LogP contribution in [0, 0.1) is 5.92 Å². The topological polar surface area (TPSA) is 77.9 Å². The van der Waals surface area contributed by atoms with Crippen LogP contribution in [0.25, 0.3) is 0 Å². The molecule has 0 aromatic heterocycles. The first kappa shape index (κ1) is 17.5. The van der Waals surface area contributed by atoms with E-state index in [0.29, 0.717) is 11.3 Å². The van der Waals surface area contributed by atoms with E-state index >= 15 is 0 Å². The average Bonchev–Trinajstić information content (AvgIpc) is 3.03. The molecule has 6 heteroatoms. The van der Waals surface area contributed by atoms with Crippen LogP contribution >= 0.6 is 0 Å². The molecule has 1 aliphatic carbocycles. The molecule has 0 spiro atoms. The number of rotatable bonds is 4. The smallest absolute Gasteiger partial charge is 0.308 e. The van der Waals surface area contributed by atoms with Crippen molar-refractivity contribution >= 4 is 23.5 Å². The first-order valence-electron chi connectivity index (χ1n) is 8.88. The zero-order valence-electron chi connectivity index (χ0n) is 14.5. The van der Waals surface area contributed by atoms with Gasteiger partial charge in [0.1, 0.15) is 0 Å². The Morgan fingerprint density at radius 2 is 1.92 bits per heavy atom. The Labute approximate surface area is 147 Å². The van der Waals surface area contributed by atoms with E-state index in [-0.39, 0.29) is 30.8 Å². The highest BCUT2D eigenvalue weighted by Crippen LogP contribution is 2.27. The zero-order chi connectivity index (χ0) is 18.0. The Morgan fingerprint density at radius 3 is 2.56 bits per heavy atom. The van der Waals surface area contributed by atoms with Crippen molar-refractivity contribution in [1.29, 1.82) is 0 Å². The fourth-order valence-corrected chi connectivity index (χ4v) is 3.77. The van der Waals surface area contributed by atoms with Crippen molar-refractivity contribution in [3.8, 4) is 0 Å². The molecule has 0 radical (unpaired) electrons. The van der Waals surface area contributed by atoms with E-state index in [4.69, 9.17) is 5.11 Å². The third kappa shape index (κ3) is 3.67. The summed E-state index contributed by atoms with van der Waals surface area (Å²) in [7, 11) is 1.84. The predicted octanol–water partition coefficient (Wildman–Crippen LogP) is 2.53. The summed E-state index contributed by atoms with van der Waals surface area (Å²) in [5.74, 6) is -1.90. The number of nitrogens with zero attached hydrogens (tertiary/aromatic N) is 2. The normalized spacial score (nSPS) is 21.4. The second kappa shape index (κ2) is 7.25. The molecule has 6 nitrogen and oxygen atoms in total. The first-order chi connectivity index (χ1) is 12.0. The highest BCUT2D eigenvalue weighted by molar-refractivity contribution is 6.01. The molecule has 1 aromatic carbocycles. The van der Waals surface area contributed by atoms with Gasteiger partial charge in [0.2, 0.25) is 5.91 Å². The van der Waals surface area contributed by atoms with E-state index in [1.165, 1.54) is 11.3 Å². The Kier molecular flexibility index (Phi) is 5.06. The van der Waals surface area contributed by atoms with Gasteiger partial charge in [0, 0.05) is 37.3 Å². The number of anilines is 1. The van der Waals surface area contributed by atoms with Gasteiger partial charge < -0.3 is 14.9 Å². The molecule has 2 fully saturated rings. The number of hydrogen-bond donors (Lipinski definition) is 1. The molecule has 0 bridgehead atoms. The Morgan fingerprint density at radius 1 is 1.20 bits per heavy atom. The van der Waals surface area contributed by atoms with Gasteiger partial charge in [-0.3, -0.25) is 14.4 Å². The highest BCUT2D eigenvalue weighted by atomic mass is 16.4. The van der Waals surface area contributed by atoms with Crippen LogP contribution in [-0.4, -0.2) is 47.4 Å². The van der Waals surface area contributed by atoms with E-state index in [1.807, 2.05) is 11.9 Å². The molecular weight excluding hydrogens is 320 g/mol. The quantitative estimate of drug-likeness (QED) is 0.910. The van der Waals surface area contributed by atoms with Crippen LogP contribution in [-0.2, 0) is 9.59 Å². The number of carboxylic acid groups (broad SMARTS) is 1. The highest BCUT2D eigenvalue weighted by Gasteiger charge is 2.35. The van der Waals surface area contributed by atoms with Gasteiger partial charge in [-0.2, -0.15) is 0 Å². The second-order valence-corrected chi connectivity index (χ2v) is 7.00. The summed E-state index contributed by atoms with van der Waals surface area (Å²) >= 11 is 0. The third-order valence-electron chi connectivity index (χ3n) is 5.32. The molecule has 1 N–H and O–H groups in total. The molecule has 25 heavy (non-hydrogen) atoms. The zero-order valence-corrected chi connectivity index (χ0v) is 14.5. The van der Waals surface area contributed by atoms with E-state index < -0.39 is 11.9 Å². The van der Waals surface area contributed by atoms with Crippen LogP contribution in [0.15, 0.2) is 24.3 Å². The van der Waals surface area contributed by atoms with Crippen LogP contribution in [0.2, 0.25) is 0 Å². The van der Waals surface area contributed by atoms with Gasteiger partial charge in [0.25, 0.3) is 5.91 Å². The molecule has 1 aliphatic heterocycles. The molecule has 3 rings (SSSR count). The van der Waals surface area contributed by atoms with Crippen LogP contribution in [0.1, 0.15) is 48.9 Å². The van der Waals surface area contributed by atoms with Crippen LogP contribution in [0.3, 0.4) is 0 Å². The van der Waals surface area contributed by atoms with Crippen molar-refractivity contribution in [3.63, 3.8) is 0 Å². The SMILES string of the molecule is CN(C(=O)c1cccc(N2C[C@H](C(=O)O)CC2=O)c1)C1CCCCC1. The van der Waals surface area contributed by atoms with Crippen molar-refractivity contribution < 1.29 is 19.5 Å². The van der Waals surface area contributed by atoms with E-state index in [2.05, 4.69) is 0 Å². The van der Waals surface area contributed by atoms with Gasteiger partial charge in [-0.1, -0.05) is 25.3 Å². The van der Waals surface area contributed by atoms with Gasteiger partial charge in [-0.15, -0.1) is 0 Å². The summed E-state index contributed by atoms with van der Waals surface area (Å²) in [5, 5.41) is 9.12. The van der Waals surface area contributed by atoms with Crippen LogP contribution in [0.4, 0.5) is 5.69 Å². The molecule has 134 valence electrons. The lowest BCUT2D eigenvalue weighted by atomic mass is 9.94. The maximum absolute atomic E-state index is 12.8. The maximum Gasteiger partial charge on any atom is 0.308 e. The number of amides is 2. The average molecular weight is 344 g/mol. The molecule has 1 atom stereocenters. The Balaban J connectivity index is 1.76. The fraction of sp³-hybridized carbons (Fsp3) is 0.526. The van der Waals surface area contributed by atoms with Crippen molar-refractivity contribution in [2.45, 2.75) is 44.6 Å². The van der Waals surface area contributed by atoms with E-state index in [0.717, 1.165) is 25.7 Å². The lowest BCUT2D eigenvalue weighted by Gasteiger charge is -2.31. The van der Waals surface area contributed by atoms with Crippen molar-refractivity contribution in [1.82, 2.24) is 4.90 Å². The van der Waals surface area contributed by atoms with Gasteiger partial charge >= 0.3 is 5.97 Å². The van der Waals surface area contributed by atoms with Gasteiger partial charge in [-0.05, 0) is 31.0 Å². The molecule has 2 amide bonds. The minimum Gasteiger partial charge on any atom is -0.481 e. The minimum atomic E-state index is -0.958. The summed E-state index contributed by atoms with van der Waals surface area (Å²) < 4.78 is 0. The number of benzene rings is 1.